The van der Waals surface area contributed by atoms with E-state index in [1.54, 1.807) is 30.3 Å². The number of ether oxygens (including phenoxy) is 2. The molecule has 0 bridgehead atoms. The highest BCUT2D eigenvalue weighted by molar-refractivity contribution is 7.03. The molecule has 0 aliphatic carbocycles. The summed E-state index contributed by atoms with van der Waals surface area (Å²) in [4.78, 5) is 12.8. The molecule has 1 aromatic heterocycles. The number of nitrogens with zero attached hydrogens (tertiary/aromatic N) is 2. The number of carbonyl (C=O) groups excluding carboxylic acids is 1. The van der Waals surface area contributed by atoms with E-state index in [1.807, 2.05) is 0 Å². The maximum atomic E-state index is 13.0. The van der Waals surface area contributed by atoms with Crippen molar-refractivity contribution in [3.63, 3.8) is 0 Å². The highest BCUT2D eigenvalue weighted by Crippen LogP contribution is 2.40. The molecule has 0 saturated heterocycles. The number of hydrogen-bond donors (Lipinski definition) is 1. The van der Waals surface area contributed by atoms with Crippen LogP contribution in [0.5, 0.6) is 11.5 Å². The molecular formula is C26H19F6N3O3S. The van der Waals surface area contributed by atoms with Crippen LogP contribution in [0.4, 0.5) is 26.3 Å². The molecule has 0 saturated carbocycles. The number of nitrogens with one attached hydrogen (secondary N) is 1. The van der Waals surface area contributed by atoms with E-state index >= 15 is 0 Å². The molecule has 0 spiro atoms. The van der Waals surface area contributed by atoms with Crippen LogP contribution in [0.15, 0.2) is 84.2 Å². The Labute approximate surface area is 222 Å². The third kappa shape index (κ3) is 7.47. The second-order valence-electron chi connectivity index (χ2n) is 8.37. The molecule has 0 fully saturated rings. The van der Waals surface area contributed by atoms with Gasteiger partial charge in [0.15, 0.2) is 5.69 Å². The Kier molecular flexibility index (Phi) is 8.09. The number of halogens is 6. The third-order valence-corrected chi connectivity index (χ3v) is 6.24. The SMILES string of the molecule is O=C(NCC(Cc1ccccc1)(c1cccc(OC(F)(F)F)c1)c1cccc(OC(F)(F)F)c1)c1csnn1. The lowest BCUT2D eigenvalue weighted by atomic mass is 9.70. The van der Waals surface area contributed by atoms with Gasteiger partial charge in [0.25, 0.3) is 5.91 Å². The van der Waals surface area contributed by atoms with Crippen LogP contribution in [0.25, 0.3) is 0 Å². The molecule has 0 aliphatic rings. The molecule has 1 heterocycles. The molecule has 1 amide bonds. The molecule has 39 heavy (non-hydrogen) atoms. The Morgan fingerprint density at radius 1 is 0.795 bits per heavy atom. The van der Waals surface area contributed by atoms with Gasteiger partial charge in [0.05, 0.1) is 0 Å². The lowest BCUT2D eigenvalue weighted by Crippen LogP contribution is -2.43. The number of aromatic nitrogens is 2. The van der Waals surface area contributed by atoms with Crippen molar-refractivity contribution in [1.82, 2.24) is 14.9 Å². The number of amides is 1. The highest BCUT2D eigenvalue weighted by atomic mass is 32.1. The van der Waals surface area contributed by atoms with E-state index in [0.29, 0.717) is 5.56 Å². The van der Waals surface area contributed by atoms with Crippen LogP contribution in [0.3, 0.4) is 0 Å². The summed E-state index contributed by atoms with van der Waals surface area (Å²) in [6.07, 6.45) is -9.88. The zero-order chi connectivity index (χ0) is 28.1. The van der Waals surface area contributed by atoms with E-state index in [-0.39, 0.29) is 29.8 Å². The van der Waals surface area contributed by atoms with E-state index in [4.69, 9.17) is 0 Å². The fourth-order valence-electron chi connectivity index (χ4n) is 4.15. The van der Waals surface area contributed by atoms with E-state index in [9.17, 15) is 31.1 Å². The number of hydrogen-bond acceptors (Lipinski definition) is 6. The first-order chi connectivity index (χ1) is 18.4. The molecule has 1 N–H and O–H groups in total. The van der Waals surface area contributed by atoms with Crippen molar-refractivity contribution >= 4 is 17.4 Å². The molecule has 4 aromatic rings. The standard InChI is InChI=1S/C26H19F6N3O3S/c27-25(28,29)37-20-10-4-8-18(12-20)24(14-17-6-2-1-3-7-17,16-33-23(36)22-15-39-35-34-22)19-9-5-11-21(13-19)38-26(30,31)32/h1-13,15H,14,16H2,(H,33,36). The molecule has 13 heteroatoms. The van der Waals surface area contributed by atoms with Crippen LogP contribution in [-0.4, -0.2) is 34.8 Å². The summed E-state index contributed by atoms with van der Waals surface area (Å²) >= 11 is 0.943. The molecule has 4 rings (SSSR count). The van der Waals surface area contributed by atoms with Crippen LogP contribution < -0.4 is 14.8 Å². The predicted octanol–water partition coefficient (Wildman–Crippen LogP) is 6.29. The molecule has 0 aliphatic heterocycles. The minimum absolute atomic E-state index is 0.0110. The van der Waals surface area contributed by atoms with Crippen molar-refractivity contribution in [2.24, 2.45) is 0 Å². The summed E-state index contributed by atoms with van der Waals surface area (Å²) < 4.78 is 90.2. The summed E-state index contributed by atoms with van der Waals surface area (Å²) in [5.41, 5.74) is -0.178. The molecular weight excluding hydrogens is 548 g/mol. The van der Waals surface area contributed by atoms with Gasteiger partial charge < -0.3 is 14.8 Å². The van der Waals surface area contributed by atoms with Crippen molar-refractivity contribution in [3.05, 3.63) is 107 Å². The average Bonchev–Trinajstić information content (AvgIpc) is 3.41. The number of alkyl halides is 6. The Bertz CT molecular complexity index is 1340. The van der Waals surface area contributed by atoms with E-state index in [1.165, 1.54) is 29.6 Å². The maximum absolute atomic E-state index is 13.0. The topological polar surface area (TPSA) is 73.3 Å². The first-order valence-electron chi connectivity index (χ1n) is 11.3. The molecule has 204 valence electrons. The van der Waals surface area contributed by atoms with Gasteiger partial charge in [-0.2, -0.15) is 0 Å². The zero-order valence-corrected chi connectivity index (χ0v) is 20.6. The fraction of sp³-hybridized carbons (Fsp3) is 0.192. The molecule has 3 aromatic carbocycles. The van der Waals surface area contributed by atoms with Gasteiger partial charge in [-0.3, -0.25) is 4.79 Å². The van der Waals surface area contributed by atoms with Gasteiger partial charge in [0.1, 0.15) is 11.5 Å². The average molecular weight is 568 g/mol. The van der Waals surface area contributed by atoms with Crippen LogP contribution in [-0.2, 0) is 11.8 Å². The van der Waals surface area contributed by atoms with Gasteiger partial charge in [-0.15, -0.1) is 31.4 Å². The summed E-state index contributed by atoms with van der Waals surface area (Å²) in [5.74, 6) is -1.68. The molecule has 0 unspecified atom stereocenters. The zero-order valence-electron chi connectivity index (χ0n) is 19.8. The minimum Gasteiger partial charge on any atom is -0.406 e. The van der Waals surface area contributed by atoms with Crippen molar-refractivity contribution in [3.8, 4) is 11.5 Å². The monoisotopic (exact) mass is 567 g/mol. The first-order valence-corrected chi connectivity index (χ1v) is 12.1. The second-order valence-corrected chi connectivity index (χ2v) is 8.98. The quantitative estimate of drug-likeness (QED) is 0.241. The highest BCUT2D eigenvalue weighted by Gasteiger charge is 2.38. The van der Waals surface area contributed by atoms with Crippen LogP contribution >= 0.6 is 11.5 Å². The Morgan fingerprint density at radius 3 is 1.85 bits per heavy atom. The van der Waals surface area contributed by atoms with E-state index in [0.717, 1.165) is 35.8 Å². The lowest BCUT2D eigenvalue weighted by Gasteiger charge is -2.36. The largest absolute Gasteiger partial charge is 0.573 e. The summed E-state index contributed by atoms with van der Waals surface area (Å²) in [6, 6.07) is 18.9. The van der Waals surface area contributed by atoms with Gasteiger partial charge in [-0.1, -0.05) is 59.1 Å². The Balaban J connectivity index is 1.88. The lowest BCUT2D eigenvalue weighted by molar-refractivity contribution is -0.275. The van der Waals surface area contributed by atoms with Crippen molar-refractivity contribution in [2.45, 2.75) is 24.6 Å². The third-order valence-electron chi connectivity index (χ3n) is 5.73. The fourth-order valence-corrected chi connectivity index (χ4v) is 4.59. The van der Waals surface area contributed by atoms with Crippen molar-refractivity contribution < 1.29 is 40.6 Å². The van der Waals surface area contributed by atoms with Gasteiger partial charge in [0, 0.05) is 17.3 Å². The van der Waals surface area contributed by atoms with Crippen molar-refractivity contribution in [2.75, 3.05) is 6.54 Å². The first kappa shape index (κ1) is 27.9. The van der Waals surface area contributed by atoms with Gasteiger partial charge >= 0.3 is 12.7 Å². The maximum Gasteiger partial charge on any atom is 0.573 e. The molecule has 0 radical (unpaired) electrons. The smallest absolute Gasteiger partial charge is 0.406 e. The summed E-state index contributed by atoms with van der Waals surface area (Å²) in [6.45, 7) is -0.233. The van der Waals surface area contributed by atoms with E-state index in [2.05, 4.69) is 24.4 Å². The van der Waals surface area contributed by atoms with Gasteiger partial charge in [0.2, 0.25) is 0 Å². The second kappa shape index (κ2) is 11.3. The molecule has 6 nitrogen and oxygen atoms in total. The number of rotatable bonds is 9. The van der Waals surface area contributed by atoms with Gasteiger partial charge in [-0.25, -0.2) is 0 Å². The van der Waals surface area contributed by atoms with E-state index < -0.39 is 35.5 Å². The van der Waals surface area contributed by atoms with Gasteiger partial charge in [-0.05, 0) is 58.9 Å². The van der Waals surface area contributed by atoms with Crippen LogP contribution in [0.1, 0.15) is 27.2 Å². The molecule has 0 atom stereocenters. The Morgan fingerprint density at radius 2 is 1.36 bits per heavy atom. The summed E-state index contributed by atoms with van der Waals surface area (Å²) in [5, 5.41) is 7.85. The number of carbonyl (C=O) groups is 1. The Hall–Kier alpha value is -4.13. The summed E-state index contributed by atoms with van der Waals surface area (Å²) in [7, 11) is 0. The van der Waals surface area contributed by atoms with Crippen LogP contribution in [0, 0.1) is 0 Å². The van der Waals surface area contributed by atoms with Crippen molar-refractivity contribution in [1.29, 1.82) is 0 Å². The predicted molar refractivity (Wildman–Crippen MR) is 129 cm³/mol. The number of benzene rings is 3. The minimum atomic E-state index is -4.98. The normalized spacial score (nSPS) is 12.2. The van der Waals surface area contributed by atoms with Crippen LogP contribution in [0.2, 0.25) is 0 Å².